The Balaban J connectivity index is -0.000000284. The third-order valence-corrected chi connectivity index (χ3v) is 1.16. The Hall–Kier alpha value is 0.266. The fraction of sp³-hybridized carbons (Fsp3) is 0.364. The second kappa shape index (κ2) is 15.7. The van der Waals surface area contributed by atoms with E-state index in [1.807, 2.05) is 24.3 Å². The maximum absolute atomic E-state index is 5.34. The summed E-state index contributed by atoms with van der Waals surface area (Å²) in [5.74, 6) is 0.931. The monoisotopic (exact) mass is 268 g/mol. The van der Waals surface area contributed by atoms with Crippen molar-refractivity contribution in [3.63, 3.8) is 0 Å². The average Bonchev–Trinajstić information content (AvgIpc) is 2.19. The number of rotatable bonds is 3. The molecule has 14 heavy (non-hydrogen) atoms. The van der Waals surface area contributed by atoms with Gasteiger partial charge in [-0.25, -0.2) is 0 Å². The molecule has 0 unspecified atom stereocenters. The van der Waals surface area contributed by atoms with Crippen molar-refractivity contribution in [3.8, 4) is 5.75 Å². The van der Waals surface area contributed by atoms with Crippen molar-refractivity contribution in [3.05, 3.63) is 37.3 Å². The molecule has 0 atom stereocenters. The maximum atomic E-state index is 5.34. The van der Waals surface area contributed by atoms with Crippen LogP contribution in [0, 0.1) is 13.0 Å². The molecule has 1 aromatic carbocycles. The van der Waals surface area contributed by atoms with Crippen LogP contribution in [0.5, 0.6) is 5.75 Å². The van der Waals surface area contributed by atoms with E-state index in [1.54, 1.807) is 6.92 Å². The molecule has 0 aliphatic carbocycles. The van der Waals surface area contributed by atoms with Crippen molar-refractivity contribution >= 4 is 40.0 Å². The van der Waals surface area contributed by atoms with Gasteiger partial charge in [0.05, 0.1) is 6.61 Å². The summed E-state index contributed by atoms with van der Waals surface area (Å²) in [5.41, 5.74) is 0. The van der Waals surface area contributed by atoms with Crippen LogP contribution in [0.15, 0.2) is 24.3 Å². The molecule has 0 fully saturated rings. The van der Waals surface area contributed by atoms with Crippen molar-refractivity contribution in [2.24, 2.45) is 0 Å². The maximum Gasteiger partial charge on any atom is 2.00 e. The van der Waals surface area contributed by atoms with Crippen molar-refractivity contribution in [1.82, 2.24) is 0 Å². The summed E-state index contributed by atoms with van der Waals surface area (Å²) < 4.78 is 5.34. The van der Waals surface area contributed by atoms with Gasteiger partial charge in [0.2, 0.25) is 0 Å². The molecule has 0 N–H and O–H groups in total. The largest absolute Gasteiger partial charge is 2.00 e. The molecule has 0 aromatic heterocycles. The van der Waals surface area contributed by atoms with E-state index in [0.717, 1.165) is 18.8 Å². The summed E-state index contributed by atoms with van der Waals surface area (Å²) in [4.78, 5) is 0. The van der Waals surface area contributed by atoms with Crippen LogP contribution in [0.1, 0.15) is 20.3 Å². The van der Waals surface area contributed by atoms with Gasteiger partial charge in [-0.2, -0.15) is 25.1 Å². The minimum Gasteiger partial charge on any atom is -0.519 e. The van der Waals surface area contributed by atoms with Gasteiger partial charge in [-0.05, 0) is 6.42 Å². The first-order chi connectivity index (χ1) is 5.93. The summed E-state index contributed by atoms with van der Waals surface area (Å²) in [6.45, 7) is 7.89. The first-order valence-corrected chi connectivity index (χ1v) is 4.23. The predicted octanol–water partition coefficient (Wildman–Crippen LogP) is 3.31. The van der Waals surface area contributed by atoms with E-state index >= 15 is 0 Å². The number of benzene rings is 1. The van der Waals surface area contributed by atoms with E-state index in [-0.39, 0.29) is 40.0 Å². The fourth-order valence-electron chi connectivity index (χ4n) is 0.688. The van der Waals surface area contributed by atoms with E-state index in [9.17, 15) is 0 Å². The van der Waals surface area contributed by atoms with Crippen molar-refractivity contribution in [2.75, 3.05) is 6.61 Å². The minimum atomic E-state index is 0. The van der Waals surface area contributed by atoms with Crippen molar-refractivity contribution in [1.29, 1.82) is 0 Å². The zero-order chi connectivity index (χ0) is 9.23. The molecule has 0 radical (unpaired) electrons. The van der Waals surface area contributed by atoms with Gasteiger partial charge in [0.25, 0.3) is 0 Å². The Bertz CT molecular complexity index is 180. The molecule has 0 amide bonds. The molecular formula is C11H17BrMgO. The second-order valence-electron chi connectivity index (χ2n) is 2.08. The Labute approximate surface area is 114 Å². The Morgan fingerprint density at radius 1 is 1.29 bits per heavy atom. The third kappa shape index (κ3) is 10.3. The van der Waals surface area contributed by atoms with Crippen LogP contribution in [0.3, 0.4) is 0 Å². The first kappa shape index (κ1) is 19.8. The van der Waals surface area contributed by atoms with Crippen LogP contribution in [-0.2, 0) is 0 Å². The molecule has 3 heteroatoms. The van der Waals surface area contributed by atoms with Crippen LogP contribution >= 0.6 is 17.0 Å². The quantitative estimate of drug-likeness (QED) is 0.604. The smallest absolute Gasteiger partial charge is 0.519 e. The summed E-state index contributed by atoms with van der Waals surface area (Å²) in [6.07, 6.45) is 1.05. The van der Waals surface area contributed by atoms with E-state index in [1.165, 1.54) is 0 Å². The van der Waals surface area contributed by atoms with E-state index in [2.05, 4.69) is 19.9 Å². The first-order valence-electron chi connectivity index (χ1n) is 4.23. The van der Waals surface area contributed by atoms with Crippen LogP contribution in [0.4, 0.5) is 0 Å². The topological polar surface area (TPSA) is 9.23 Å². The van der Waals surface area contributed by atoms with Crippen molar-refractivity contribution < 1.29 is 4.74 Å². The van der Waals surface area contributed by atoms with Gasteiger partial charge in [0.15, 0.2) is 0 Å². The summed E-state index contributed by atoms with van der Waals surface area (Å²) in [6, 6.07) is 10.5. The zero-order valence-corrected chi connectivity index (χ0v) is 12.1. The molecule has 1 rings (SSSR count). The molecule has 0 saturated heterocycles. The van der Waals surface area contributed by atoms with Crippen LogP contribution in [0.25, 0.3) is 0 Å². The van der Waals surface area contributed by atoms with Gasteiger partial charge >= 0.3 is 23.1 Å². The molecule has 0 heterocycles. The van der Waals surface area contributed by atoms with Gasteiger partial charge < -0.3 is 11.7 Å². The van der Waals surface area contributed by atoms with Gasteiger partial charge in [-0.1, -0.05) is 6.92 Å². The molecule has 0 saturated carbocycles. The molecule has 0 aliphatic heterocycles. The van der Waals surface area contributed by atoms with Crippen molar-refractivity contribution in [2.45, 2.75) is 20.3 Å². The fourth-order valence-corrected chi connectivity index (χ4v) is 0.688. The average molecular weight is 269 g/mol. The van der Waals surface area contributed by atoms with Gasteiger partial charge in [-0.15, -0.1) is 29.1 Å². The Morgan fingerprint density at radius 3 is 2.21 bits per heavy atom. The Kier molecular flexibility index (Phi) is 22.2. The minimum absolute atomic E-state index is 0. The molecular weight excluding hydrogens is 252 g/mol. The molecule has 76 valence electrons. The van der Waals surface area contributed by atoms with Crippen LogP contribution in [0.2, 0.25) is 0 Å². The van der Waals surface area contributed by atoms with E-state index in [0.29, 0.717) is 0 Å². The normalized spacial score (nSPS) is 7.07. The third-order valence-electron chi connectivity index (χ3n) is 1.16. The van der Waals surface area contributed by atoms with E-state index in [4.69, 9.17) is 4.74 Å². The predicted molar refractivity (Wildman–Crippen MR) is 68.2 cm³/mol. The molecule has 1 aromatic rings. The zero-order valence-electron chi connectivity index (χ0n) is 8.95. The molecule has 0 spiro atoms. The van der Waals surface area contributed by atoms with Gasteiger partial charge in [0, 0.05) is 5.75 Å². The SMILES string of the molecule is Br.CCCOc1cc[c-]cc1.[CH2-]C.[Mg+2]. The van der Waals surface area contributed by atoms with Crippen LogP contribution < -0.4 is 4.74 Å². The van der Waals surface area contributed by atoms with E-state index < -0.39 is 0 Å². The van der Waals surface area contributed by atoms with Gasteiger partial charge in [-0.3, -0.25) is 0 Å². The Morgan fingerprint density at radius 2 is 1.79 bits per heavy atom. The summed E-state index contributed by atoms with van der Waals surface area (Å²) in [5, 5.41) is 0. The number of halogens is 1. The standard InChI is InChI=1S/C9H11O.C2H5.BrH.Mg/c1-2-8-10-9-6-4-3-5-7-9;1-2;;/h4-7H,2,8H2,1H3;1H2,2H3;1H;/q2*-1;;+2. The molecule has 0 aliphatic rings. The van der Waals surface area contributed by atoms with Gasteiger partial charge in [0.1, 0.15) is 0 Å². The number of ether oxygens (including phenoxy) is 1. The molecule has 0 bridgehead atoms. The number of hydrogen-bond donors (Lipinski definition) is 0. The second-order valence-corrected chi connectivity index (χ2v) is 2.08. The number of hydrogen-bond acceptors (Lipinski definition) is 1. The summed E-state index contributed by atoms with van der Waals surface area (Å²) >= 11 is 0. The molecule has 1 nitrogen and oxygen atoms in total. The summed E-state index contributed by atoms with van der Waals surface area (Å²) in [7, 11) is 0. The van der Waals surface area contributed by atoms with Crippen LogP contribution in [-0.4, -0.2) is 29.7 Å².